The predicted octanol–water partition coefficient (Wildman–Crippen LogP) is 2.09. The van der Waals surface area contributed by atoms with Crippen molar-refractivity contribution in [3.63, 3.8) is 0 Å². The second-order valence-electron chi connectivity index (χ2n) is 7.35. The van der Waals surface area contributed by atoms with Crippen molar-refractivity contribution >= 4 is 17.7 Å². The smallest absolute Gasteiger partial charge is 0.261 e. The molecule has 1 aromatic carbocycles. The molecule has 3 amide bonds. The Balaban J connectivity index is 1.58. The Labute approximate surface area is 147 Å². The maximum absolute atomic E-state index is 12.6. The van der Waals surface area contributed by atoms with Crippen molar-refractivity contribution in [2.24, 2.45) is 0 Å². The van der Waals surface area contributed by atoms with Crippen LogP contribution in [0.3, 0.4) is 0 Å². The lowest BCUT2D eigenvalue weighted by Crippen LogP contribution is -2.57. The van der Waals surface area contributed by atoms with Crippen LogP contribution in [0.5, 0.6) is 0 Å². The van der Waals surface area contributed by atoms with Gasteiger partial charge in [-0.3, -0.25) is 19.3 Å². The number of fused-ring (bicyclic) bond motifs is 1. The van der Waals surface area contributed by atoms with Crippen LogP contribution < -0.4 is 0 Å². The first-order valence-electron chi connectivity index (χ1n) is 8.68. The molecule has 2 aliphatic heterocycles. The van der Waals surface area contributed by atoms with Gasteiger partial charge in [0, 0.05) is 19.5 Å². The maximum atomic E-state index is 12.6. The van der Waals surface area contributed by atoms with Crippen LogP contribution in [0, 0.1) is 0 Å². The van der Waals surface area contributed by atoms with Crippen molar-refractivity contribution in [1.29, 1.82) is 0 Å². The summed E-state index contributed by atoms with van der Waals surface area (Å²) in [6, 6.07) is 6.83. The van der Waals surface area contributed by atoms with E-state index in [0.717, 1.165) is 0 Å². The fourth-order valence-corrected chi connectivity index (χ4v) is 3.39. The zero-order valence-electron chi connectivity index (χ0n) is 14.9. The summed E-state index contributed by atoms with van der Waals surface area (Å²) in [5.41, 5.74) is 0.558. The minimum absolute atomic E-state index is 0.0215. The largest absolute Gasteiger partial charge is 0.374 e. The molecule has 1 aromatic rings. The summed E-state index contributed by atoms with van der Waals surface area (Å²) in [4.78, 5) is 40.3. The highest BCUT2D eigenvalue weighted by Gasteiger charge is 2.37. The van der Waals surface area contributed by atoms with Crippen LogP contribution in [0.25, 0.3) is 0 Å². The number of hydrogen-bond donors (Lipinski definition) is 0. The third-order valence-electron chi connectivity index (χ3n) is 4.84. The number of carbonyl (C=O) groups excluding carboxylic acids is 3. The lowest BCUT2D eigenvalue weighted by atomic mass is 10.00. The molecule has 134 valence electrons. The Morgan fingerprint density at radius 1 is 1.20 bits per heavy atom. The number of hydrogen-bond acceptors (Lipinski definition) is 4. The van der Waals surface area contributed by atoms with Gasteiger partial charge in [-0.25, -0.2) is 0 Å². The summed E-state index contributed by atoms with van der Waals surface area (Å²) in [5.74, 6) is -0.501. The summed E-state index contributed by atoms with van der Waals surface area (Å²) in [6.07, 6.45) is 0.795. The van der Waals surface area contributed by atoms with Gasteiger partial charge in [0.2, 0.25) is 5.91 Å². The summed E-state index contributed by atoms with van der Waals surface area (Å²) in [5, 5.41) is 0. The van der Waals surface area contributed by atoms with E-state index in [4.69, 9.17) is 4.74 Å². The Bertz CT molecular complexity index is 678. The quantitative estimate of drug-likeness (QED) is 0.785. The van der Waals surface area contributed by atoms with E-state index in [0.29, 0.717) is 37.1 Å². The van der Waals surface area contributed by atoms with E-state index in [-0.39, 0.29) is 35.9 Å². The molecule has 0 saturated carbocycles. The molecule has 6 heteroatoms. The highest BCUT2D eigenvalue weighted by Crippen LogP contribution is 2.25. The van der Waals surface area contributed by atoms with E-state index >= 15 is 0 Å². The van der Waals surface area contributed by atoms with Gasteiger partial charge in [0.05, 0.1) is 29.4 Å². The van der Waals surface area contributed by atoms with E-state index in [1.165, 1.54) is 4.90 Å². The second-order valence-corrected chi connectivity index (χ2v) is 7.35. The second kappa shape index (κ2) is 6.59. The van der Waals surface area contributed by atoms with Crippen molar-refractivity contribution in [2.75, 3.05) is 19.7 Å². The zero-order valence-corrected chi connectivity index (χ0v) is 14.9. The summed E-state index contributed by atoms with van der Waals surface area (Å²) < 4.78 is 5.63. The van der Waals surface area contributed by atoms with Crippen molar-refractivity contribution in [3.05, 3.63) is 35.4 Å². The van der Waals surface area contributed by atoms with Crippen LogP contribution >= 0.6 is 0 Å². The number of carbonyl (C=O) groups is 3. The van der Waals surface area contributed by atoms with Gasteiger partial charge in [0.1, 0.15) is 0 Å². The van der Waals surface area contributed by atoms with E-state index in [2.05, 4.69) is 0 Å². The molecule has 6 nitrogen and oxygen atoms in total. The highest BCUT2D eigenvalue weighted by molar-refractivity contribution is 6.21. The predicted molar refractivity (Wildman–Crippen MR) is 92.2 cm³/mol. The van der Waals surface area contributed by atoms with Gasteiger partial charge in [0.15, 0.2) is 0 Å². The lowest BCUT2D eigenvalue weighted by Gasteiger charge is -2.44. The number of imide groups is 1. The van der Waals surface area contributed by atoms with Crippen LogP contribution in [-0.2, 0) is 9.53 Å². The van der Waals surface area contributed by atoms with E-state index in [1.54, 1.807) is 24.3 Å². The van der Waals surface area contributed by atoms with Crippen LogP contribution in [-0.4, -0.2) is 58.9 Å². The van der Waals surface area contributed by atoms with Gasteiger partial charge in [-0.05, 0) is 39.3 Å². The first kappa shape index (κ1) is 17.6. The highest BCUT2D eigenvalue weighted by atomic mass is 16.5. The fourth-order valence-electron chi connectivity index (χ4n) is 3.39. The molecule has 0 bridgehead atoms. The monoisotopic (exact) mass is 344 g/mol. The number of benzene rings is 1. The van der Waals surface area contributed by atoms with Crippen LogP contribution in [0.4, 0.5) is 0 Å². The van der Waals surface area contributed by atoms with Gasteiger partial charge in [-0.2, -0.15) is 0 Å². The third-order valence-corrected chi connectivity index (χ3v) is 4.84. The van der Waals surface area contributed by atoms with E-state index < -0.39 is 0 Å². The number of morpholine rings is 1. The molecule has 25 heavy (non-hydrogen) atoms. The Morgan fingerprint density at radius 2 is 1.80 bits per heavy atom. The minimum Gasteiger partial charge on any atom is -0.374 e. The topological polar surface area (TPSA) is 66.9 Å². The molecule has 1 fully saturated rings. The van der Waals surface area contributed by atoms with Gasteiger partial charge in [-0.1, -0.05) is 12.1 Å². The molecule has 1 unspecified atom stereocenters. The summed E-state index contributed by atoms with van der Waals surface area (Å²) >= 11 is 0. The van der Waals surface area contributed by atoms with Gasteiger partial charge >= 0.3 is 0 Å². The molecule has 0 aromatic heterocycles. The van der Waals surface area contributed by atoms with Crippen LogP contribution in [0.1, 0.15) is 54.3 Å². The first-order valence-corrected chi connectivity index (χ1v) is 8.68. The summed E-state index contributed by atoms with van der Waals surface area (Å²) in [6.45, 7) is 7.27. The Morgan fingerprint density at radius 3 is 2.40 bits per heavy atom. The molecule has 0 spiro atoms. The molecule has 3 rings (SSSR count). The minimum atomic E-state index is -0.334. The van der Waals surface area contributed by atoms with Crippen molar-refractivity contribution in [3.8, 4) is 0 Å². The number of ether oxygens (including phenoxy) is 1. The molecule has 2 aliphatic rings. The van der Waals surface area contributed by atoms with Gasteiger partial charge in [-0.15, -0.1) is 0 Å². The lowest BCUT2D eigenvalue weighted by molar-refractivity contribution is -0.152. The molecule has 0 aliphatic carbocycles. The van der Waals surface area contributed by atoms with Gasteiger partial charge in [0.25, 0.3) is 11.8 Å². The number of amides is 3. The van der Waals surface area contributed by atoms with Crippen molar-refractivity contribution in [2.45, 2.75) is 45.3 Å². The molecule has 2 heterocycles. The van der Waals surface area contributed by atoms with E-state index in [1.807, 2.05) is 25.7 Å². The first-order chi connectivity index (χ1) is 11.8. The normalized spacial score (nSPS) is 22.3. The van der Waals surface area contributed by atoms with E-state index in [9.17, 15) is 14.4 Å². The molecule has 0 radical (unpaired) electrons. The molecule has 1 atom stereocenters. The van der Waals surface area contributed by atoms with Crippen LogP contribution in [0.15, 0.2) is 24.3 Å². The van der Waals surface area contributed by atoms with Crippen LogP contribution in [0.2, 0.25) is 0 Å². The Hall–Kier alpha value is -2.21. The molecule has 1 saturated heterocycles. The number of rotatable bonds is 4. The SMILES string of the molecule is CC1CN(C(=O)CCCN2C(=O)c3ccccc3C2=O)C(C)(C)CO1. The van der Waals surface area contributed by atoms with Crippen molar-refractivity contribution < 1.29 is 19.1 Å². The van der Waals surface area contributed by atoms with Crippen molar-refractivity contribution in [1.82, 2.24) is 9.80 Å². The average Bonchev–Trinajstić information content (AvgIpc) is 2.82. The maximum Gasteiger partial charge on any atom is 0.261 e. The average molecular weight is 344 g/mol. The molecular weight excluding hydrogens is 320 g/mol. The number of nitrogens with zero attached hydrogens (tertiary/aromatic N) is 2. The molecule has 0 N–H and O–H groups in total. The molecular formula is C19H24N2O4. The zero-order chi connectivity index (χ0) is 18.2. The fraction of sp³-hybridized carbons (Fsp3) is 0.526. The third kappa shape index (κ3) is 3.31. The Kier molecular flexibility index (Phi) is 4.64. The van der Waals surface area contributed by atoms with Gasteiger partial charge < -0.3 is 9.64 Å². The standard InChI is InChI=1S/C19H24N2O4/c1-13-11-21(19(2,3)12-25-13)16(22)9-6-10-20-17(23)14-7-4-5-8-15(14)18(20)24/h4-5,7-8,13H,6,9-12H2,1-3H3. The summed E-state index contributed by atoms with van der Waals surface area (Å²) in [7, 11) is 0.